The number of urea groups is 1. The molecule has 0 spiro atoms. The van der Waals surface area contributed by atoms with E-state index in [1.54, 1.807) is 17.5 Å². The number of anilines is 2. The van der Waals surface area contributed by atoms with Gasteiger partial charge in [0.15, 0.2) is 5.82 Å². The maximum absolute atomic E-state index is 12.5. The van der Waals surface area contributed by atoms with E-state index in [9.17, 15) is 4.79 Å². The van der Waals surface area contributed by atoms with Crippen LogP contribution in [0.2, 0.25) is 0 Å². The molecule has 5 heterocycles. The minimum atomic E-state index is -0.0929. The van der Waals surface area contributed by atoms with Gasteiger partial charge in [-0.2, -0.15) is 0 Å². The first kappa shape index (κ1) is 19.2. The van der Waals surface area contributed by atoms with Crippen LogP contribution >= 0.6 is 11.3 Å². The van der Waals surface area contributed by atoms with E-state index >= 15 is 0 Å². The highest BCUT2D eigenvalue weighted by molar-refractivity contribution is 7.17. The highest BCUT2D eigenvalue weighted by atomic mass is 32.1. The molecule has 3 aromatic heterocycles. The smallest absolute Gasteiger partial charge is 0.323 e. The molecule has 0 saturated carbocycles. The predicted octanol–water partition coefficient (Wildman–Crippen LogP) is 3.54. The van der Waals surface area contributed by atoms with Crippen LogP contribution in [0, 0.1) is 0 Å². The fourth-order valence-electron chi connectivity index (χ4n) is 3.99. The number of nitrogens with one attached hydrogen (secondary N) is 3. The predicted molar refractivity (Wildman–Crippen MR) is 120 cm³/mol. The van der Waals surface area contributed by atoms with E-state index in [4.69, 9.17) is 9.97 Å². The van der Waals surface area contributed by atoms with Gasteiger partial charge >= 0.3 is 6.03 Å². The molecule has 156 valence electrons. The number of hydrogen-bond donors (Lipinski definition) is 3. The summed E-state index contributed by atoms with van der Waals surface area (Å²) >= 11 is 1.65. The Morgan fingerprint density at radius 2 is 2.10 bits per heavy atom. The molecule has 0 aromatic carbocycles. The summed E-state index contributed by atoms with van der Waals surface area (Å²) in [6, 6.07) is 6.02. The highest BCUT2D eigenvalue weighted by Crippen LogP contribution is 2.30. The average molecular weight is 424 g/mol. The third-order valence-corrected chi connectivity index (χ3v) is 6.51. The van der Waals surface area contributed by atoms with Crippen LogP contribution in [0.15, 0.2) is 29.8 Å². The zero-order chi connectivity index (χ0) is 20.3. The number of thiophene rings is 1. The van der Waals surface area contributed by atoms with Gasteiger partial charge in [-0.25, -0.2) is 19.7 Å². The molecule has 3 aromatic rings. The summed E-state index contributed by atoms with van der Waals surface area (Å²) < 4.78 is 1.07. The number of carbonyl (C=O) groups excluding carboxylic acids is 1. The molecule has 2 aliphatic rings. The molecule has 2 aliphatic heterocycles. The first-order valence-electron chi connectivity index (χ1n) is 10.5. The first-order chi connectivity index (χ1) is 14.8. The second-order valence-electron chi connectivity index (χ2n) is 7.77. The largest absolute Gasteiger partial charge is 0.365 e. The Kier molecular flexibility index (Phi) is 5.46. The Bertz CT molecular complexity index is 1040. The molecule has 5 rings (SSSR count). The van der Waals surface area contributed by atoms with Crippen LogP contribution in [0.25, 0.3) is 21.6 Å². The van der Waals surface area contributed by atoms with Crippen LogP contribution in [-0.4, -0.2) is 58.1 Å². The second-order valence-corrected chi connectivity index (χ2v) is 8.69. The maximum Gasteiger partial charge on any atom is 0.323 e. The summed E-state index contributed by atoms with van der Waals surface area (Å²) in [6.45, 7) is 3.56. The van der Waals surface area contributed by atoms with Crippen molar-refractivity contribution in [2.24, 2.45) is 0 Å². The van der Waals surface area contributed by atoms with Crippen LogP contribution in [0.1, 0.15) is 25.7 Å². The van der Waals surface area contributed by atoms with Crippen molar-refractivity contribution in [2.45, 2.75) is 31.7 Å². The van der Waals surface area contributed by atoms with Crippen LogP contribution in [0.4, 0.5) is 16.4 Å². The van der Waals surface area contributed by atoms with E-state index in [0.29, 0.717) is 17.7 Å². The van der Waals surface area contributed by atoms with Gasteiger partial charge in [0, 0.05) is 37.4 Å². The zero-order valence-electron chi connectivity index (χ0n) is 16.7. The van der Waals surface area contributed by atoms with E-state index in [1.807, 2.05) is 28.5 Å². The maximum atomic E-state index is 12.5. The van der Waals surface area contributed by atoms with E-state index in [2.05, 4.69) is 20.9 Å². The Balaban J connectivity index is 1.40. The Morgan fingerprint density at radius 1 is 1.20 bits per heavy atom. The molecule has 0 radical (unpaired) electrons. The summed E-state index contributed by atoms with van der Waals surface area (Å²) in [7, 11) is 0. The molecule has 0 aliphatic carbocycles. The van der Waals surface area contributed by atoms with Crippen molar-refractivity contribution >= 4 is 39.2 Å². The van der Waals surface area contributed by atoms with Gasteiger partial charge in [0.2, 0.25) is 0 Å². The highest BCUT2D eigenvalue weighted by Gasteiger charge is 2.19. The molecule has 1 unspecified atom stereocenters. The van der Waals surface area contributed by atoms with Gasteiger partial charge in [0.05, 0.1) is 10.2 Å². The molecule has 9 heteroatoms. The van der Waals surface area contributed by atoms with Crippen LogP contribution < -0.4 is 16.0 Å². The number of nitrogens with zero attached hydrogens (tertiary/aromatic N) is 4. The lowest BCUT2D eigenvalue weighted by molar-refractivity contribution is 0.200. The summed E-state index contributed by atoms with van der Waals surface area (Å²) in [4.78, 5) is 28.3. The van der Waals surface area contributed by atoms with Crippen molar-refractivity contribution in [3.8, 4) is 11.4 Å². The lowest BCUT2D eigenvalue weighted by Gasteiger charge is -2.26. The zero-order valence-corrected chi connectivity index (χ0v) is 17.5. The minimum absolute atomic E-state index is 0.0929. The van der Waals surface area contributed by atoms with Gasteiger partial charge in [-0.3, -0.25) is 5.32 Å². The molecule has 2 saturated heterocycles. The van der Waals surface area contributed by atoms with Gasteiger partial charge in [-0.1, -0.05) is 0 Å². The molecule has 2 amide bonds. The van der Waals surface area contributed by atoms with Crippen molar-refractivity contribution in [3.05, 3.63) is 29.8 Å². The molecular weight excluding hydrogens is 398 g/mol. The average Bonchev–Trinajstić information content (AvgIpc) is 3.46. The topological polar surface area (TPSA) is 95.1 Å². The molecule has 3 N–H and O–H groups in total. The number of fused-ring (bicyclic) bond motifs is 1. The van der Waals surface area contributed by atoms with Gasteiger partial charge in [-0.05, 0) is 55.8 Å². The summed E-state index contributed by atoms with van der Waals surface area (Å²) in [5.74, 6) is 2.02. The van der Waals surface area contributed by atoms with Crippen molar-refractivity contribution < 1.29 is 4.79 Å². The van der Waals surface area contributed by atoms with Gasteiger partial charge in [-0.15, -0.1) is 11.3 Å². The summed E-state index contributed by atoms with van der Waals surface area (Å²) in [5, 5.41) is 11.9. The van der Waals surface area contributed by atoms with Gasteiger partial charge in [0.1, 0.15) is 11.6 Å². The fourth-order valence-corrected chi connectivity index (χ4v) is 4.77. The summed E-state index contributed by atoms with van der Waals surface area (Å²) in [6.07, 6.45) is 6.07. The molecular formula is C21H25N7OS. The Labute approximate surface area is 179 Å². The lowest BCUT2D eigenvalue weighted by atomic mass is 10.1. The number of pyridine rings is 1. The monoisotopic (exact) mass is 423 g/mol. The first-order valence-corrected chi connectivity index (χ1v) is 11.4. The third-order valence-electron chi connectivity index (χ3n) is 5.60. The van der Waals surface area contributed by atoms with Crippen molar-refractivity contribution in [1.82, 2.24) is 25.2 Å². The minimum Gasteiger partial charge on any atom is -0.365 e. The number of amides is 2. The standard InChI is InChI=1S/C21H25N7OS/c29-21(28-9-2-1-3-10-28)26-17-12-14(4-8-23-17)19-25-16-6-11-30-18(16)20(27-19)24-15-5-7-22-13-15/h4,6,8,11-12,15,22H,1-3,5,7,9-10,13H2,(H,23,26,29)(H,24,25,27). The molecule has 0 bridgehead atoms. The lowest BCUT2D eigenvalue weighted by Crippen LogP contribution is -2.38. The number of aromatic nitrogens is 3. The number of piperidine rings is 1. The van der Waals surface area contributed by atoms with E-state index < -0.39 is 0 Å². The second kappa shape index (κ2) is 8.53. The quantitative estimate of drug-likeness (QED) is 0.594. The van der Waals surface area contributed by atoms with Crippen molar-refractivity contribution in [1.29, 1.82) is 0 Å². The molecule has 2 fully saturated rings. The Hall–Kier alpha value is -2.78. The van der Waals surface area contributed by atoms with Gasteiger partial charge in [0.25, 0.3) is 0 Å². The van der Waals surface area contributed by atoms with Crippen molar-refractivity contribution in [3.63, 3.8) is 0 Å². The third kappa shape index (κ3) is 4.08. The Morgan fingerprint density at radius 3 is 2.93 bits per heavy atom. The van der Waals surface area contributed by atoms with E-state index in [-0.39, 0.29) is 6.03 Å². The SMILES string of the molecule is O=C(Nc1cc(-c2nc(NC3CCNC3)c3sccc3n2)ccn1)N1CCCCC1. The summed E-state index contributed by atoms with van der Waals surface area (Å²) in [5.41, 5.74) is 1.76. The number of likely N-dealkylation sites (tertiary alicyclic amines) is 1. The van der Waals surface area contributed by atoms with Crippen LogP contribution in [0.3, 0.4) is 0 Å². The number of hydrogen-bond acceptors (Lipinski definition) is 7. The van der Waals surface area contributed by atoms with Crippen LogP contribution in [-0.2, 0) is 0 Å². The van der Waals surface area contributed by atoms with E-state index in [0.717, 1.165) is 67.0 Å². The van der Waals surface area contributed by atoms with Gasteiger partial charge < -0.3 is 15.5 Å². The van der Waals surface area contributed by atoms with E-state index in [1.165, 1.54) is 6.42 Å². The van der Waals surface area contributed by atoms with Crippen molar-refractivity contribution in [2.75, 3.05) is 36.8 Å². The molecule has 30 heavy (non-hydrogen) atoms. The fraction of sp³-hybridized carbons (Fsp3) is 0.429. The number of carbonyl (C=O) groups is 1. The molecule has 1 atom stereocenters. The number of rotatable bonds is 4. The molecule has 8 nitrogen and oxygen atoms in total. The van der Waals surface area contributed by atoms with Crippen LogP contribution in [0.5, 0.6) is 0 Å². The normalized spacial score (nSPS) is 19.2.